The van der Waals surface area contributed by atoms with Crippen LogP contribution in [0.1, 0.15) is 76.6 Å². The second kappa shape index (κ2) is 11.5. The number of aryl methyl sites for hydroxylation is 2. The van der Waals surface area contributed by atoms with E-state index in [1.807, 2.05) is 6.92 Å². The van der Waals surface area contributed by atoms with Crippen LogP contribution in [0, 0.1) is 5.82 Å². The summed E-state index contributed by atoms with van der Waals surface area (Å²) in [4.78, 5) is 68.0. The minimum absolute atomic E-state index is 0.180. The Balaban J connectivity index is 1.27. The highest BCUT2D eigenvalue weighted by molar-refractivity contribution is 6.06. The Labute approximate surface area is 261 Å². The molecule has 2 aromatic rings. The number of benzene rings is 2. The van der Waals surface area contributed by atoms with Gasteiger partial charge in [-0.3, -0.25) is 14.4 Å². The number of halogens is 1. The number of imide groups is 1. The minimum atomic E-state index is -1.55. The number of nitrogens with one attached hydrogen (secondary N) is 2. The monoisotopic (exact) mass is 622 g/mol. The summed E-state index contributed by atoms with van der Waals surface area (Å²) in [6.07, 6.45) is 0.205. The fourth-order valence-corrected chi connectivity index (χ4v) is 6.03. The number of nitrogens with zero attached hydrogens (tertiary/aromatic N) is 2. The van der Waals surface area contributed by atoms with Gasteiger partial charge in [0, 0.05) is 30.3 Å². The summed E-state index contributed by atoms with van der Waals surface area (Å²) in [5.74, 6) is -1.82. The molecule has 1 saturated heterocycles. The molecule has 1 aliphatic carbocycles. The molecule has 1 spiro atoms. The van der Waals surface area contributed by atoms with Gasteiger partial charge in [0.1, 0.15) is 23.5 Å². The molecule has 1 unspecified atom stereocenters. The van der Waals surface area contributed by atoms with Crippen LogP contribution < -0.4 is 10.6 Å². The second-order valence-electron chi connectivity index (χ2n) is 13.5. The molecule has 2 aromatic carbocycles. The van der Waals surface area contributed by atoms with Crippen molar-refractivity contribution < 1.29 is 37.8 Å². The molecular formula is C33H39FN4O7. The smallest absolute Gasteiger partial charge is 0.418 e. The van der Waals surface area contributed by atoms with E-state index in [1.54, 1.807) is 63.8 Å². The first-order valence-corrected chi connectivity index (χ1v) is 15.1. The average Bonchev–Trinajstić information content (AvgIpc) is 3.34. The SMILES string of the molecule is C[C@@H]1CCc2cc(F)ccc2CN1C(=O)CN1C(=O)OC2(CCc3cc(NC(=O)C(C)(C)NC(=O)OC(C)(C)C)ccc32)C1=O. The molecule has 2 N–H and O–H groups in total. The van der Waals surface area contributed by atoms with Crippen LogP contribution in [0.25, 0.3) is 0 Å². The third kappa shape index (κ3) is 6.36. The lowest BCUT2D eigenvalue weighted by atomic mass is 9.94. The van der Waals surface area contributed by atoms with Crippen LogP contribution in [0.5, 0.6) is 0 Å². The number of anilines is 1. The summed E-state index contributed by atoms with van der Waals surface area (Å²) in [5.41, 5.74) is -0.253. The number of amides is 5. The van der Waals surface area contributed by atoms with Crippen LogP contribution in [0.15, 0.2) is 36.4 Å². The molecule has 0 aromatic heterocycles. The zero-order valence-corrected chi connectivity index (χ0v) is 26.4. The van der Waals surface area contributed by atoms with Crippen LogP contribution in [0.3, 0.4) is 0 Å². The van der Waals surface area contributed by atoms with Gasteiger partial charge in [0.2, 0.25) is 17.4 Å². The molecule has 5 amide bonds. The molecule has 0 saturated carbocycles. The summed E-state index contributed by atoms with van der Waals surface area (Å²) in [6.45, 7) is 9.94. The topological polar surface area (TPSA) is 134 Å². The van der Waals surface area contributed by atoms with Gasteiger partial charge in [-0.1, -0.05) is 12.1 Å². The summed E-state index contributed by atoms with van der Waals surface area (Å²) in [5, 5.41) is 5.35. The Morgan fingerprint density at radius 1 is 1.02 bits per heavy atom. The molecule has 12 heteroatoms. The minimum Gasteiger partial charge on any atom is -0.444 e. The molecular weight excluding hydrogens is 583 g/mol. The molecule has 240 valence electrons. The van der Waals surface area contributed by atoms with E-state index in [2.05, 4.69) is 10.6 Å². The molecule has 2 atom stereocenters. The number of fused-ring (bicyclic) bond motifs is 3. The Hall–Kier alpha value is -4.48. The van der Waals surface area contributed by atoms with Crippen molar-refractivity contribution in [2.24, 2.45) is 0 Å². The number of hydrogen-bond donors (Lipinski definition) is 2. The summed E-state index contributed by atoms with van der Waals surface area (Å²) < 4.78 is 24.8. The number of carbonyl (C=O) groups excluding carboxylic acids is 5. The highest BCUT2D eigenvalue weighted by Crippen LogP contribution is 2.46. The van der Waals surface area contributed by atoms with E-state index < -0.39 is 53.2 Å². The molecule has 2 heterocycles. The maximum Gasteiger partial charge on any atom is 0.418 e. The Morgan fingerprint density at radius 3 is 2.47 bits per heavy atom. The number of hydrogen-bond acceptors (Lipinski definition) is 7. The maximum atomic E-state index is 13.8. The van der Waals surface area contributed by atoms with E-state index in [0.29, 0.717) is 36.1 Å². The van der Waals surface area contributed by atoms with E-state index in [9.17, 15) is 28.4 Å². The van der Waals surface area contributed by atoms with Gasteiger partial charge >= 0.3 is 12.2 Å². The standard InChI is InChI=1S/C33H39FN4O7/c1-19-7-8-20-15-23(34)10-9-22(20)17-37(19)26(39)18-38-28(41)33(45-30(38)43)14-13-21-16-24(11-12-25(21)33)35-27(40)32(5,6)36-29(42)44-31(2,3)4/h9-12,15-16,19H,7-8,13-14,17-18H2,1-6H3,(H,35,40)(H,36,42)/t19-,33?/m1/s1. The van der Waals surface area contributed by atoms with Gasteiger partial charge in [-0.2, -0.15) is 0 Å². The van der Waals surface area contributed by atoms with E-state index in [1.165, 1.54) is 12.1 Å². The molecule has 3 aliphatic rings. The number of ether oxygens (including phenoxy) is 2. The summed E-state index contributed by atoms with van der Waals surface area (Å²) in [7, 11) is 0. The molecule has 45 heavy (non-hydrogen) atoms. The molecule has 0 radical (unpaired) electrons. The molecule has 1 fully saturated rings. The molecule has 2 aliphatic heterocycles. The lowest BCUT2D eigenvalue weighted by molar-refractivity contribution is -0.143. The van der Waals surface area contributed by atoms with Gasteiger partial charge in [-0.15, -0.1) is 0 Å². The van der Waals surface area contributed by atoms with E-state index in [4.69, 9.17) is 9.47 Å². The highest BCUT2D eigenvalue weighted by Gasteiger charge is 2.58. The zero-order chi connectivity index (χ0) is 32.9. The van der Waals surface area contributed by atoms with Gasteiger partial charge in [0.15, 0.2) is 0 Å². The fraction of sp³-hybridized carbons (Fsp3) is 0.485. The largest absolute Gasteiger partial charge is 0.444 e. The van der Waals surface area contributed by atoms with E-state index in [-0.39, 0.29) is 24.8 Å². The van der Waals surface area contributed by atoms with E-state index >= 15 is 0 Å². The first-order chi connectivity index (χ1) is 21.0. The van der Waals surface area contributed by atoms with Crippen molar-refractivity contribution in [1.82, 2.24) is 15.1 Å². The van der Waals surface area contributed by atoms with Crippen molar-refractivity contribution in [2.75, 3.05) is 11.9 Å². The van der Waals surface area contributed by atoms with Crippen LogP contribution in [0.4, 0.5) is 19.7 Å². The lowest BCUT2D eigenvalue weighted by Crippen LogP contribution is -2.53. The van der Waals surface area contributed by atoms with Gasteiger partial charge in [-0.05, 0) is 102 Å². The average molecular weight is 623 g/mol. The summed E-state index contributed by atoms with van der Waals surface area (Å²) >= 11 is 0. The number of alkyl carbamates (subject to hydrolysis) is 1. The van der Waals surface area contributed by atoms with Gasteiger partial charge in [0.25, 0.3) is 5.91 Å². The van der Waals surface area contributed by atoms with Crippen molar-refractivity contribution in [3.05, 3.63) is 64.5 Å². The van der Waals surface area contributed by atoms with Gasteiger partial charge in [-0.25, -0.2) is 18.9 Å². The van der Waals surface area contributed by atoms with Crippen molar-refractivity contribution in [3.8, 4) is 0 Å². The first-order valence-electron chi connectivity index (χ1n) is 15.1. The van der Waals surface area contributed by atoms with Crippen LogP contribution in [-0.4, -0.2) is 63.4 Å². The number of rotatable bonds is 5. The normalized spacial score (nSPS) is 21.2. The van der Waals surface area contributed by atoms with Gasteiger partial charge < -0.3 is 25.0 Å². The van der Waals surface area contributed by atoms with Crippen molar-refractivity contribution in [2.45, 2.75) is 96.6 Å². The quantitative estimate of drug-likeness (QED) is 0.500. The highest BCUT2D eigenvalue weighted by atomic mass is 19.1. The van der Waals surface area contributed by atoms with E-state index in [0.717, 1.165) is 16.0 Å². The summed E-state index contributed by atoms with van der Waals surface area (Å²) in [6, 6.07) is 9.27. The predicted molar refractivity (Wildman–Crippen MR) is 161 cm³/mol. The third-order valence-corrected chi connectivity index (χ3v) is 8.48. The van der Waals surface area contributed by atoms with Crippen LogP contribution in [0.2, 0.25) is 0 Å². The van der Waals surface area contributed by atoms with Crippen LogP contribution in [-0.2, 0) is 48.8 Å². The number of carbonyl (C=O) groups is 5. The van der Waals surface area contributed by atoms with Gasteiger partial charge in [0.05, 0.1) is 0 Å². The Bertz CT molecular complexity index is 1580. The second-order valence-corrected chi connectivity index (χ2v) is 13.5. The third-order valence-electron chi connectivity index (χ3n) is 8.48. The predicted octanol–water partition coefficient (Wildman–Crippen LogP) is 4.55. The van der Waals surface area contributed by atoms with Crippen molar-refractivity contribution in [3.63, 3.8) is 0 Å². The van der Waals surface area contributed by atoms with Crippen molar-refractivity contribution in [1.29, 1.82) is 0 Å². The molecule has 5 rings (SSSR count). The molecule has 11 nitrogen and oxygen atoms in total. The lowest BCUT2D eigenvalue weighted by Gasteiger charge is -2.29. The fourth-order valence-electron chi connectivity index (χ4n) is 6.03. The van der Waals surface area contributed by atoms with Crippen LogP contribution >= 0.6 is 0 Å². The first kappa shape index (κ1) is 31.9. The Morgan fingerprint density at radius 2 is 1.76 bits per heavy atom. The maximum absolute atomic E-state index is 13.8. The van der Waals surface area contributed by atoms with Crippen molar-refractivity contribution >= 4 is 35.6 Å². The Kier molecular flexibility index (Phi) is 8.13. The molecule has 0 bridgehead atoms. The zero-order valence-electron chi connectivity index (χ0n) is 26.4.